The van der Waals surface area contributed by atoms with E-state index in [0.717, 1.165) is 43.7 Å². The molecule has 5 nitrogen and oxygen atoms in total. The minimum absolute atomic E-state index is 0.0529. The van der Waals surface area contributed by atoms with Crippen LogP contribution in [0.2, 0.25) is 0 Å². The molecule has 46 heavy (non-hydrogen) atoms. The van der Waals surface area contributed by atoms with E-state index < -0.39 is 0 Å². The molecule has 0 saturated carbocycles. The normalized spacial score (nSPS) is 22.7. The van der Waals surface area contributed by atoms with Gasteiger partial charge in [-0.1, -0.05) is 76.2 Å². The molecule has 1 aliphatic carbocycles. The Morgan fingerprint density at radius 2 is 1.15 bits per heavy atom. The summed E-state index contributed by atoms with van der Waals surface area (Å²) >= 11 is 0. The highest BCUT2D eigenvalue weighted by molar-refractivity contribution is 5.70. The average Bonchev–Trinajstić information content (AvgIpc) is 3.62. The fourth-order valence-electron chi connectivity index (χ4n) is 9.12. The lowest BCUT2D eigenvalue weighted by Crippen LogP contribution is -2.40. The van der Waals surface area contributed by atoms with Crippen LogP contribution in [0.5, 0.6) is 0 Å². The summed E-state index contributed by atoms with van der Waals surface area (Å²) in [6, 6.07) is 31.6. The summed E-state index contributed by atoms with van der Waals surface area (Å²) in [6.45, 7) is 9.62. The van der Waals surface area contributed by atoms with Crippen LogP contribution in [0, 0.1) is 5.92 Å². The van der Waals surface area contributed by atoms with Gasteiger partial charge in [0.05, 0.1) is 0 Å². The fraction of sp³-hybridized carbons (Fsp3) is 0.415. The van der Waals surface area contributed by atoms with Gasteiger partial charge in [-0.05, 0) is 86.4 Å². The predicted molar refractivity (Wildman–Crippen MR) is 192 cm³/mol. The molecule has 5 heteroatoms. The molecule has 0 N–H and O–H groups in total. The van der Waals surface area contributed by atoms with E-state index in [1.807, 2.05) is 12.4 Å². The van der Waals surface area contributed by atoms with E-state index in [1.165, 1.54) is 34.6 Å². The molecule has 2 aromatic heterocycles. The van der Waals surface area contributed by atoms with Gasteiger partial charge in [0.2, 0.25) is 0 Å². The number of likely N-dealkylation sites (N-methyl/N-ethyl adjacent to an activating group) is 2. The van der Waals surface area contributed by atoms with E-state index in [4.69, 9.17) is 9.97 Å². The van der Waals surface area contributed by atoms with Gasteiger partial charge in [0.25, 0.3) is 0 Å². The lowest BCUT2D eigenvalue weighted by Gasteiger charge is -2.35. The molecule has 4 aromatic rings. The van der Waals surface area contributed by atoms with E-state index in [-0.39, 0.29) is 10.8 Å². The zero-order chi connectivity index (χ0) is 32.1. The van der Waals surface area contributed by atoms with Gasteiger partial charge in [0.1, 0.15) is 11.6 Å². The van der Waals surface area contributed by atoms with Gasteiger partial charge in [-0.25, -0.2) is 9.97 Å². The number of hydrogen-bond donors (Lipinski definition) is 0. The summed E-state index contributed by atoms with van der Waals surface area (Å²) in [4.78, 5) is 17.1. The van der Waals surface area contributed by atoms with E-state index in [1.54, 1.807) is 5.57 Å². The topological polar surface area (TPSA) is 35.5 Å². The zero-order valence-corrected chi connectivity index (χ0v) is 28.4. The number of allylic oxidation sites excluding steroid dienone is 2. The number of aromatic nitrogens is 2. The maximum Gasteiger partial charge on any atom is 0.132 e. The summed E-state index contributed by atoms with van der Waals surface area (Å²) in [5.41, 5.74) is 8.50. The third-order valence-electron chi connectivity index (χ3n) is 11.6. The molecule has 0 saturated heterocycles. The average molecular weight is 612 g/mol. The van der Waals surface area contributed by atoms with Crippen LogP contribution in [0.15, 0.2) is 109 Å². The van der Waals surface area contributed by atoms with Gasteiger partial charge in [0.15, 0.2) is 0 Å². The second-order valence-corrected chi connectivity index (χ2v) is 14.8. The zero-order valence-electron chi connectivity index (χ0n) is 28.4. The van der Waals surface area contributed by atoms with Crippen LogP contribution in [0.3, 0.4) is 0 Å². The Labute approximate surface area is 276 Å². The molecule has 7 rings (SSSR count). The van der Waals surface area contributed by atoms with Crippen molar-refractivity contribution in [3.63, 3.8) is 0 Å². The van der Waals surface area contributed by atoms with Gasteiger partial charge < -0.3 is 14.7 Å². The minimum atomic E-state index is 0.0529. The maximum atomic E-state index is 4.80. The molecule has 3 unspecified atom stereocenters. The van der Waals surface area contributed by atoms with Gasteiger partial charge in [-0.15, -0.1) is 0 Å². The van der Waals surface area contributed by atoms with E-state index in [0.29, 0.717) is 18.0 Å². The first-order chi connectivity index (χ1) is 22.2. The van der Waals surface area contributed by atoms with Crippen molar-refractivity contribution in [3.8, 4) is 0 Å². The molecule has 0 spiro atoms. The molecular weight excluding hydrogens is 562 g/mol. The highest BCUT2D eigenvalue weighted by atomic mass is 15.2. The van der Waals surface area contributed by atoms with Crippen molar-refractivity contribution >= 4 is 23.0 Å². The van der Waals surface area contributed by atoms with Gasteiger partial charge in [0, 0.05) is 77.6 Å². The lowest BCUT2D eigenvalue weighted by molar-refractivity contribution is 0.372. The summed E-state index contributed by atoms with van der Waals surface area (Å²) in [5, 5.41) is 0. The van der Waals surface area contributed by atoms with Crippen LogP contribution >= 0.6 is 0 Å². The second-order valence-electron chi connectivity index (χ2n) is 14.8. The number of benzene rings is 2. The number of fused-ring (bicyclic) bond motifs is 2. The van der Waals surface area contributed by atoms with Crippen molar-refractivity contribution in [2.45, 2.75) is 89.1 Å². The van der Waals surface area contributed by atoms with Crippen LogP contribution in [-0.4, -0.2) is 36.1 Å². The van der Waals surface area contributed by atoms with Crippen LogP contribution in [0.25, 0.3) is 0 Å². The Kier molecular flexibility index (Phi) is 7.91. The molecule has 238 valence electrons. The maximum absolute atomic E-state index is 4.80. The quantitative estimate of drug-likeness (QED) is 0.188. The number of pyridine rings is 2. The van der Waals surface area contributed by atoms with Gasteiger partial charge >= 0.3 is 0 Å². The number of para-hydroxylation sites is 2. The Balaban J connectivity index is 1.23. The molecule has 0 amide bonds. The number of anilines is 4. The Morgan fingerprint density at radius 3 is 1.65 bits per heavy atom. The van der Waals surface area contributed by atoms with Crippen molar-refractivity contribution in [1.82, 2.24) is 9.97 Å². The molecule has 2 aromatic carbocycles. The lowest BCUT2D eigenvalue weighted by atomic mass is 9.78. The van der Waals surface area contributed by atoms with Crippen LogP contribution in [-0.2, 0) is 10.8 Å². The van der Waals surface area contributed by atoms with E-state index in [2.05, 4.69) is 141 Å². The second kappa shape index (κ2) is 11.9. The van der Waals surface area contributed by atoms with Crippen LogP contribution in [0.1, 0.15) is 77.3 Å². The first kappa shape index (κ1) is 30.5. The molecule has 0 fully saturated rings. The van der Waals surface area contributed by atoms with Crippen molar-refractivity contribution in [2.75, 3.05) is 28.8 Å². The molecule has 3 aliphatic rings. The first-order valence-electron chi connectivity index (χ1n) is 17.2. The van der Waals surface area contributed by atoms with Crippen LogP contribution in [0.4, 0.5) is 23.0 Å². The smallest absolute Gasteiger partial charge is 0.132 e. The number of nitrogens with zero attached hydrogens (tertiary/aromatic N) is 5. The first-order valence-corrected chi connectivity index (χ1v) is 17.2. The summed E-state index contributed by atoms with van der Waals surface area (Å²) in [7, 11) is 4.49. The van der Waals surface area contributed by atoms with E-state index >= 15 is 0 Å². The van der Waals surface area contributed by atoms with Crippen molar-refractivity contribution in [2.24, 2.45) is 5.92 Å². The number of hydrogen-bond acceptors (Lipinski definition) is 5. The third kappa shape index (κ3) is 5.09. The van der Waals surface area contributed by atoms with Crippen molar-refractivity contribution < 1.29 is 0 Å². The van der Waals surface area contributed by atoms with Crippen LogP contribution < -0.4 is 14.7 Å². The Bertz CT molecular complexity index is 1670. The fourth-order valence-corrected chi connectivity index (χ4v) is 9.12. The third-order valence-corrected chi connectivity index (χ3v) is 11.6. The SMILES string of the molecule is CN1c2ncccc2C(C)(C)C1CCC1=C(N(c2ccccc2)c2ccccc2)C(CCC2N(C)c3ncccc3C2(C)C)CC1. The standard InChI is InChI=1S/C41H49N5/c1-40(2)33-19-13-27-42-38(33)44(5)35(40)25-23-29-21-22-30(24-26-36-41(3,4)34-20-14-28-43-39(34)45(36)6)37(29)46(31-15-9-7-10-16-31)32-17-11-8-12-18-32/h7-20,27-29,35-36H,21-26H2,1-6H3. The van der Waals surface area contributed by atoms with Gasteiger partial charge in [-0.3, -0.25) is 0 Å². The highest BCUT2D eigenvalue weighted by Crippen LogP contribution is 2.50. The molecule has 4 heterocycles. The van der Waals surface area contributed by atoms with Crippen molar-refractivity contribution in [3.05, 3.63) is 120 Å². The number of rotatable bonds is 9. The molecule has 3 atom stereocenters. The summed E-state index contributed by atoms with van der Waals surface area (Å²) in [5.74, 6) is 2.78. The minimum Gasteiger partial charge on any atom is -0.356 e. The summed E-state index contributed by atoms with van der Waals surface area (Å²) < 4.78 is 0. The summed E-state index contributed by atoms with van der Waals surface area (Å²) in [6.07, 6.45) is 10.7. The molecular formula is C41H49N5. The Hall–Kier alpha value is -4.12. The molecule has 0 radical (unpaired) electrons. The molecule has 2 aliphatic heterocycles. The Morgan fingerprint density at radius 1 is 0.652 bits per heavy atom. The van der Waals surface area contributed by atoms with Crippen molar-refractivity contribution in [1.29, 1.82) is 0 Å². The monoisotopic (exact) mass is 611 g/mol. The van der Waals surface area contributed by atoms with Gasteiger partial charge in [-0.2, -0.15) is 0 Å². The largest absolute Gasteiger partial charge is 0.356 e. The highest BCUT2D eigenvalue weighted by Gasteiger charge is 2.45. The van der Waals surface area contributed by atoms with E-state index in [9.17, 15) is 0 Å². The predicted octanol–water partition coefficient (Wildman–Crippen LogP) is 9.43. The molecule has 0 bridgehead atoms.